The van der Waals surface area contributed by atoms with Crippen LogP contribution in [0.5, 0.6) is 23.0 Å². The fourth-order valence-corrected chi connectivity index (χ4v) is 5.75. The molecule has 1 unspecified atom stereocenters. The minimum Gasteiger partial charge on any atom is -0.492 e. The topological polar surface area (TPSA) is 95.1 Å². The molecule has 0 spiro atoms. The molecule has 7 rings (SSSR count). The van der Waals surface area contributed by atoms with E-state index in [1.54, 1.807) is 19.1 Å². The summed E-state index contributed by atoms with van der Waals surface area (Å²) in [6.45, 7) is 2.80. The molecule has 3 fully saturated rings. The Labute approximate surface area is 210 Å². The van der Waals surface area contributed by atoms with Crippen LogP contribution in [0, 0.1) is 5.82 Å². The molecule has 2 N–H and O–H groups in total. The molecule has 0 saturated heterocycles. The highest BCUT2D eigenvalue weighted by Gasteiger charge is 2.70. The number of rotatable bonds is 6. The Morgan fingerprint density at radius 2 is 1.69 bits per heavy atom. The van der Waals surface area contributed by atoms with E-state index in [0.29, 0.717) is 30.6 Å². The van der Waals surface area contributed by atoms with Gasteiger partial charge in [-0.2, -0.15) is 4.39 Å². The van der Waals surface area contributed by atoms with Gasteiger partial charge in [-0.05, 0) is 44.4 Å². The molecule has 3 aliphatic carbocycles. The number of carbonyl (C=O) groups excluding carboxylic acids is 2. The molecule has 8 nitrogen and oxygen atoms in total. The van der Waals surface area contributed by atoms with E-state index >= 15 is 0 Å². The first-order valence-corrected chi connectivity index (χ1v) is 11.9. The van der Waals surface area contributed by atoms with Crippen LogP contribution in [0.2, 0.25) is 5.02 Å². The van der Waals surface area contributed by atoms with Gasteiger partial charge in [0.2, 0.25) is 5.91 Å². The second-order valence-electron chi connectivity index (χ2n) is 10.4. The van der Waals surface area contributed by atoms with E-state index in [1.807, 2.05) is 0 Å². The highest BCUT2D eigenvalue weighted by Crippen LogP contribution is 2.61. The van der Waals surface area contributed by atoms with Crippen molar-refractivity contribution in [3.8, 4) is 23.0 Å². The van der Waals surface area contributed by atoms with Gasteiger partial charge < -0.3 is 29.6 Å². The van der Waals surface area contributed by atoms with Gasteiger partial charge in [-0.15, -0.1) is 0 Å². The third-order valence-electron chi connectivity index (χ3n) is 7.32. The molecule has 2 aromatic rings. The van der Waals surface area contributed by atoms with E-state index in [0.717, 1.165) is 13.0 Å². The van der Waals surface area contributed by atoms with Crippen LogP contribution in [-0.4, -0.2) is 42.1 Å². The molecule has 11 heteroatoms. The van der Waals surface area contributed by atoms with E-state index in [9.17, 15) is 18.4 Å². The van der Waals surface area contributed by atoms with E-state index in [4.69, 9.17) is 30.5 Å². The Hall–Kier alpha value is -3.27. The summed E-state index contributed by atoms with van der Waals surface area (Å²) in [4.78, 5) is 25.7. The lowest BCUT2D eigenvalue weighted by Crippen LogP contribution is -2.84. The molecule has 3 saturated carbocycles. The van der Waals surface area contributed by atoms with Crippen LogP contribution in [0.4, 0.5) is 8.78 Å². The van der Waals surface area contributed by atoms with Crippen molar-refractivity contribution in [1.29, 1.82) is 0 Å². The minimum atomic E-state index is -2.27. The lowest BCUT2D eigenvalue weighted by Gasteiger charge is -2.70. The first kappa shape index (κ1) is 23.1. The van der Waals surface area contributed by atoms with Crippen LogP contribution in [0.3, 0.4) is 0 Å². The number of fused-ring (bicyclic) bond motifs is 2. The first-order chi connectivity index (χ1) is 16.9. The highest BCUT2D eigenvalue weighted by molar-refractivity contribution is 6.30. The molecule has 2 atom stereocenters. The number of carbonyl (C=O) groups is 2. The summed E-state index contributed by atoms with van der Waals surface area (Å²) in [5, 5.41) is 6.07. The standard InChI is InChI=1S/C25H23ClF2N2O6/c1-22(12-34-17-7-19-18(6-14(17)22)35-23(2,28)36-19)21(32)30-25-9-24(10-25,11-25)29-20(31)8-33-13-3-4-15(26)16(27)5-13/h3-7H,8-12H2,1-2H3,(H,29,31)(H,30,32)/t22-,23?,24?,25?/m1/s1. The molecule has 2 aromatic carbocycles. The van der Waals surface area contributed by atoms with E-state index < -0.39 is 22.8 Å². The molecule has 190 valence electrons. The smallest absolute Gasteiger partial charge is 0.404 e. The summed E-state index contributed by atoms with van der Waals surface area (Å²) in [5.74, 6) is -0.0533. The average molecular weight is 521 g/mol. The van der Waals surface area contributed by atoms with Crippen molar-refractivity contribution in [2.24, 2.45) is 0 Å². The molecule has 0 radical (unpaired) electrons. The van der Waals surface area contributed by atoms with Gasteiger partial charge in [0, 0.05) is 35.7 Å². The maximum atomic E-state index is 14.1. The number of amides is 2. The van der Waals surface area contributed by atoms with Crippen molar-refractivity contribution in [2.45, 2.75) is 55.6 Å². The van der Waals surface area contributed by atoms with Crippen molar-refractivity contribution in [1.82, 2.24) is 10.6 Å². The van der Waals surface area contributed by atoms with Crippen molar-refractivity contribution in [2.75, 3.05) is 13.2 Å². The fourth-order valence-electron chi connectivity index (χ4n) is 5.63. The van der Waals surface area contributed by atoms with E-state index in [1.165, 1.54) is 12.1 Å². The zero-order chi connectivity index (χ0) is 25.5. The normalized spacial score (nSPS) is 32.5. The summed E-state index contributed by atoms with van der Waals surface area (Å²) < 4.78 is 49.0. The Kier molecular flexibility index (Phi) is 4.74. The van der Waals surface area contributed by atoms with Gasteiger partial charge in [-0.3, -0.25) is 9.59 Å². The predicted octanol–water partition coefficient (Wildman–Crippen LogP) is 3.53. The molecule has 0 aromatic heterocycles. The lowest BCUT2D eigenvalue weighted by molar-refractivity contribution is -0.173. The number of nitrogens with one attached hydrogen (secondary N) is 2. The van der Waals surface area contributed by atoms with Crippen LogP contribution in [0.1, 0.15) is 38.7 Å². The lowest BCUT2D eigenvalue weighted by atomic mass is 9.44. The largest absolute Gasteiger partial charge is 0.492 e. The Bertz CT molecular complexity index is 1300. The van der Waals surface area contributed by atoms with Gasteiger partial charge in [0.15, 0.2) is 18.1 Å². The zero-order valence-electron chi connectivity index (χ0n) is 19.5. The van der Waals surface area contributed by atoms with Gasteiger partial charge in [-0.25, -0.2) is 4.39 Å². The number of alkyl halides is 1. The molecule has 36 heavy (non-hydrogen) atoms. The molecule has 2 heterocycles. The summed E-state index contributed by atoms with van der Waals surface area (Å²) in [7, 11) is 0. The summed E-state index contributed by atoms with van der Waals surface area (Å²) in [6, 6.07) is 4.84. The predicted molar refractivity (Wildman–Crippen MR) is 123 cm³/mol. The van der Waals surface area contributed by atoms with Crippen LogP contribution < -0.4 is 29.6 Å². The summed E-state index contributed by atoms with van der Waals surface area (Å²) in [5.41, 5.74) is -1.17. The number of hydrogen-bond donors (Lipinski definition) is 2. The van der Waals surface area contributed by atoms with Gasteiger partial charge in [0.1, 0.15) is 29.3 Å². The Morgan fingerprint density at radius 3 is 2.39 bits per heavy atom. The Morgan fingerprint density at radius 1 is 1.03 bits per heavy atom. The Balaban J connectivity index is 1.04. The van der Waals surface area contributed by atoms with Crippen LogP contribution in [-0.2, 0) is 15.0 Å². The number of hydrogen-bond acceptors (Lipinski definition) is 6. The molecule has 2 bridgehead atoms. The zero-order valence-corrected chi connectivity index (χ0v) is 20.3. The second-order valence-corrected chi connectivity index (χ2v) is 10.8. The van der Waals surface area contributed by atoms with Gasteiger partial charge in [-0.1, -0.05) is 11.6 Å². The molecule has 2 amide bonds. The van der Waals surface area contributed by atoms with Crippen molar-refractivity contribution >= 4 is 23.4 Å². The average Bonchev–Trinajstić information content (AvgIpc) is 3.25. The summed E-state index contributed by atoms with van der Waals surface area (Å²) in [6.07, 6.45) is 1.79. The third kappa shape index (κ3) is 3.61. The van der Waals surface area contributed by atoms with Crippen molar-refractivity contribution < 1.29 is 37.3 Å². The maximum absolute atomic E-state index is 14.1. The maximum Gasteiger partial charge on any atom is 0.404 e. The van der Waals surface area contributed by atoms with Gasteiger partial charge in [0.25, 0.3) is 5.91 Å². The van der Waals surface area contributed by atoms with Crippen molar-refractivity contribution in [3.05, 3.63) is 46.7 Å². The third-order valence-corrected chi connectivity index (χ3v) is 7.62. The summed E-state index contributed by atoms with van der Waals surface area (Å²) >= 11 is 5.65. The molecular formula is C25H23ClF2N2O6. The van der Waals surface area contributed by atoms with Gasteiger partial charge >= 0.3 is 6.04 Å². The van der Waals surface area contributed by atoms with E-state index in [2.05, 4.69) is 10.6 Å². The molecule has 2 aliphatic heterocycles. The quantitative estimate of drug-likeness (QED) is 0.605. The minimum absolute atomic E-state index is 0.0245. The monoisotopic (exact) mass is 520 g/mol. The first-order valence-electron chi connectivity index (χ1n) is 11.5. The van der Waals surface area contributed by atoms with Crippen LogP contribution >= 0.6 is 11.6 Å². The number of benzene rings is 2. The SMILES string of the molecule is CC1(F)Oc2cc3c(cc2O1)[C@](C)(C(=O)NC12CC(NC(=O)COc4ccc(Cl)c(F)c4)(C1)C2)CO3. The van der Waals surface area contributed by atoms with Crippen molar-refractivity contribution in [3.63, 3.8) is 0 Å². The highest BCUT2D eigenvalue weighted by atomic mass is 35.5. The van der Waals surface area contributed by atoms with Gasteiger partial charge in [0.05, 0.1) is 5.02 Å². The molecular weight excluding hydrogens is 498 g/mol. The second kappa shape index (κ2) is 7.38. The number of ether oxygens (including phenoxy) is 4. The fraction of sp³-hybridized carbons (Fsp3) is 0.440. The van der Waals surface area contributed by atoms with E-state index in [-0.39, 0.29) is 52.8 Å². The van der Waals surface area contributed by atoms with Crippen LogP contribution in [0.15, 0.2) is 30.3 Å². The number of halogens is 3. The van der Waals surface area contributed by atoms with Crippen LogP contribution in [0.25, 0.3) is 0 Å². The molecule has 5 aliphatic rings.